The molecule has 1 aliphatic rings. The Balaban J connectivity index is 1.50. The molecular weight excluding hydrogens is 438 g/mol. The number of carbonyl (C=O) groups excluding carboxylic acids is 3. The van der Waals surface area contributed by atoms with Crippen molar-refractivity contribution in [1.82, 2.24) is 19.6 Å². The van der Waals surface area contributed by atoms with Gasteiger partial charge in [-0.3, -0.25) is 19.1 Å². The average Bonchev–Trinajstić information content (AvgIpc) is 3.21. The van der Waals surface area contributed by atoms with E-state index in [0.717, 1.165) is 4.90 Å². The molecule has 0 radical (unpaired) electrons. The topological polar surface area (TPSA) is 115 Å². The van der Waals surface area contributed by atoms with Gasteiger partial charge in [0.2, 0.25) is 5.91 Å². The Bertz CT molecular complexity index is 1350. The van der Waals surface area contributed by atoms with Crippen molar-refractivity contribution in [1.29, 1.82) is 0 Å². The smallest absolute Gasteiger partial charge is 0.329 e. The Morgan fingerprint density at radius 2 is 1.74 bits per heavy atom. The highest BCUT2D eigenvalue weighted by molar-refractivity contribution is 6.15. The van der Waals surface area contributed by atoms with Crippen LogP contribution in [0.25, 0.3) is 11.8 Å². The van der Waals surface area contributed by atoms with E-state index in [1.54, 1.807) is 74.3 Å². The monoisotopic (exact) mass is 461 g/mol. The number of rotatable bonds is 6. The molecule has 34 heavy (non-hydrogen) atoms. The number of para-hydroxylation sites is 1. The summed E-state index contributed by atoms with van der Waals surface area (Å²) in [5, 5.41) is 5.03. The molecule has 1 fully saturated rings. The van der Waals surface area contributed by atoms with Crippen LogP contribution in [0.4, 0.5) is 10.5 Å². The highest BCUT2D eigenvalue weighted by Crippen LogP contribution is 2.18. The lowest BCUT2D eigenvalue weighted by molar-refractivity contribution is -0.127. The second kappa shape index (κ2) is 9.10. The van der Waals surface area contributed by atoms with Crippen LogP contribution in [0.1, 0.15) is 11.3 Å². The average molecular weight is 461 g/mol. The number of nitrogens with one attached hydrogen (secondary N) is 2. The number of imide groups is 1. The second-order valence-corrected chi connectivity index (χ2v) is 7.64. The first-order valence-electron chi connectivity index (χ1n) is 10.4. The fourth-order valence-corrected chi connectivity index (χ4v) is 3.62. The van der Waals surface area contributed by atoms with Crippen molar-refractivity contribution >= 4 is 29.6 Å². The maximum absolute atomic E-state index is 13.0. The third kappa shape index (κ3) is 4.20. The number of ether oxygens (including phenoxy) is 1. The van der Waals surface area contributed by atoms with Crippen molar-refractivity contribution in [3.05, 3.63) is 81.9 Å². The standard InChI is InChI=1S/C24H23N5O5/c1-15-21(23(32)29(27(15)2)17-7-5-4-6-8-17)26-20(30)14-28-22(31)19(25-24(28)33)13-16-9-11-18(34-3)12-10-16/h4-13H,14H2,1-3H3,(H,25,33)(H,26,30)/b19-13-. The summed E-state index contributed by atoms with van der Waals surface area (Å²) in [5.74, 6) is -0.646. The molecule has 0 spiro atoms. The van der Waals surface area contributed by atoms with Crippen LogP contribution in [0.2, 0.25) is 0 Å². The summed E-state index contributed by atoms with van der Waals surface area (Å²) in [4.78, 5) is 51.5. The third-order valence-corrected chi connectivity index (χ3v) is 5.51. The summed E-state index contributed by atoms with van der Waals surface area (Å²) in [6, 6.07) is 15.2. The van der Waals surface area contributed by atoms with Gasteiger partial charge in [0, 0.05) is 7.05 Å². The first kappa shape index (κ1) is 22.6. The number of methoxy groups -OCH3 is 1. The van der Waals surface area contributed by atoms with Crippen molar-refractivity contribution in [3.8, 4) is 11.4 Å². The predicted octanol–water partition coefficient (Wildman–Crippen LogP) is 2.02. The Hall–Kier alpha value is -4.60. The van der Waals surface area contributed by atoms with Crippen LogP contribution in [0, 0.1) is 6.92 Å². The lowest BCUT2D eigenvalue weighted by Gasteiger charge is -2.11. The fraction of sp³-hybridized carbons (Fsp3) is 0.167. The van der Waals surface area contributed by atoms with E-state index in [9.17, 15) is 19.2 Å². The van der Waals surface area contributed by atoms with Crippen molar-refractivity contribution < 1.29 is 19.1 Å². The number of carbonyl (C=O) groups is 3. The molecule has 1 saturated heterocycles. The van der Waals surface area contributed by atoms with E-state index >= 15 is 0 Å². The van der Waals surface area contributed by atoms with E-state index in [1.165, 1.54) is 10.8 Å². The molecule has 4 amide bonds. The van der Waals surface area contributed by atoms with Crippen LogP contribution in [-0.4, -0.2) is 45.8 Å². The molecular formula is C24H23N5O5. The molecule has 2 N–H and O–H groups in total. The maximum Gasteiger partial charge on any atom is 0.329 e. The zero-order valence-electron chi connectivity index (χ0n) is 18.9. The van der Waals surface area contributed by atoms with Gasteiger partial charge in [0.1, 0.15) is 23.7 Å². The minimum Gasteiger partial charge on any atom is -0.497 e. The molecule has 0 saturated carbocycles. The van der Waals surface area contributed by atoms with Crippen molar-refractivity contribution in [2.75, 3.05) is 19.0 Å². The Kier molecular flexibility index (Phi) is 6.05. The number of amides is 4. The maximum atomic E-state index is 13.0. The predicted molar refractivity (Wildman–Crippen MR) is 126 cm³/mol. The highest BCUT2D eigenvalue weighted by atomic mass is 16.5. The number of hydrogen-bond acceptors (Lipinski definition) is 5. The van der Waals surface area contributed by atoms with Gasteiger partial charge in [-0.05, 0) is 42.8 Å². The van der Waals surface area contributed by atoms with Crippen molar-refractivity contribution in [3.63, 3.8) is 0 Å². The van der Waals surface area contributed by atoms with Gasteiger partial charge < -0.3 is 15.4 Å². The van der Waals surface area contributed by atoms with Crippen LogP contribution in [-0.2, 0) is 16.6 Å². The van der Waals surface area contributed by atoms with Gasteiger partial charge in [0.15, 0.2) is 0 Å². The Morgan fingerprint density at radius 1 is 1.06 bits per heavy atom. The number of anilines is 1. The molecule has 4 rings (SSSR count). The molecule has 0 bridgehead atoms. The van der Waals surface area contributed by atoms with Crippen LogP contribution in [0.5, 0.6) is 5.75 Å². The lowest BCUT2D eigenvalue weighted by Crippen LogP contribution is -2.38. The molecule has 10 nitrogen and oxygen atoms in total. The van der Waals surface area contributed by atoms with Crippen molar-refractivity contribution in [2.45, 2.75) is 6.92 Å². The van der Waals surface area contributed by atoms with E-state index < -0.39 is 29.9 Å². The van der Waals surface area contributed by atoms with E-state index in [-0.39, 0.29) is 11.4 Å². The van der Waals surface area contributed by atoms with E-state index in [2.05, 4.69) is 10.6 Å². The van der Waals surface area contributed by atoms with Gasteiger partial charge in [-0.1, -0.05) is 30.3 Å². The zero-order valence-corrected chi connectivity index (χ0v) is 18.9. The minimum absolute atomic E-state index is 0.0466. The fourth-order valence-electron chi connectivity index (χ4n) is 3.62. The summed E-state index contributed by atoms with van der Waals surface area (Å²) in [6.45, 7) is 1.16. The summed E-state index contributed by atoms with van der Waals surface area (Å²) < 4.78 is 8.15. The molecule has 1 aliphatic heterocycles. The first-order chi connectivity index (χ1) is 16.3. The van der Waals surface area contributed by atoms with Gasteiger partial charge in [0.05, 0.1) is 18.5 Å². The number of hydrogen-bond donors (Lipinski definition) is 2. The molecule has 0 atom stereocenters. The number of nitrogens with zero attached hydrogens (tertiary/aromatic N) is 3. The molecule has 2 heterocycles. The van der Waals surface area contributed by atoms with Crippen LogP contribution in [0.3, 0.4) is 0 Å². The van der Waals surface area contributed by atoms with Gasteiger partial charge in [-0.2, -0.15) is 0 Å². The SMILES string of the molecule is COc1ccc(/C=C2\NC(=O)N(CC(=O)Nc3c(C)n(C)n(-c4ccccc4)c3=O)C2=O)cc1. The van der Waals surface area contributed by atoms with E-state index in [1.807, 2.05) is 6.07 Å². The van der Waals surface area contributed by atoms with E-state index in [4.69, 9.17) is 4.74 Å². The van der Waals surface area contributed by atoms with Crippen LogP contribution >= 0.6 is 0 Å². The molecule has 2 aromatic carbocycles. The number of urea groups is 1. The van der Waals surface area contributed by atoms with Gasteiger partial charge in [0.25, 0.3) is 11.5 Å². The largest absolute Gasteiger partial charge is 0.497 e. The molecule has 0 aliphatic carbocycles. The normalized spacial score (nSPS) is 14.4. The minimum atomic E-state index is -0.716. The second-order valence-electron chi connectivity index (χ2n) is 7.64. The van der Waals surface area contributed by atoms with Gasteiger partial charge in [-0.15, -0.1) is 0 Å². The Labute approximate surface area is 195 Å². The van der Waals surface area contributed by atoms with Crippen LogP contribution < -0.4 is 20.9 Å². The van der Waals surface area contributed by atoms with Gasteiger partial charge >= 0.3 is 6.03 Å². The molecule has 174 valence electrons. The highest BCUT2D eigenvalue weighted by Gasteiger charge is 2.35. The molecule has 1 aromatic heterocycles. The molecule has 3 aromatic rings. The lowest BCUT2D eigenvalue weighted by atomic mass is 10.2. The quantitative estimate of drug-likeness (QED) is 0.431. The Morgan fingerprint density at radius 3 is 2.38 bits per heavy atom. The molecule has 0 unspecified atom stereocenters. The summed E-state index contributed by atoms with van der Waals surface area (Å²) in [7, 11) is 3.25. The van der Waals surface area contributed by atoms with Gasteiger partial charge in [-0.25, -0.2) is 14.4 Å². The summed E-state index contributed by atoms with van der Waals surface area (Å²) >= 11 is 0. The number of aromatic nitrogens is 2. The zero-order chi connectivity index (χ0) is 24.4. The van der Waals surface area contributed by atoms with Crippen molar-refractivity contribution in [2.24, 2.45) is 7.05 Å². The molecule has 10 heteroatoms. The number of benzene rings is 2. The summed E-state index contributed by atoms with van der Waals surface area (Å²) in [5.41, 5.74) is 1.55. The third-order valence-electron chi connectivity index (χ3n) is 5.51. The first-order valence-corrected chi connectivity index (χ1v) is 10.4. The van der Waals surface area contributed by atoms with E-state index in [0.29, 0.717) is 22.7 Å². The summed E-state index contributed by atoms with van der Waals surface area (Å²) in [6.07, 6.45) is 1.51. The van der Waals surface area contributed by atoms with Crippen LogP contribution in [0.15, 0.2) is 65.1 Å².